The van der Waals surface area contributed by atoms with Gasteiger partial charge in [-0.25, -0.2) is 0 Å². The molecule has 0 saturated carbocycles. The molecule has 7 nitrogen and oxygen atoms in total. The van der Waals surface area contributed by atoms with Crippen LogP contribution in [-0.2, 0) is 4.79 Å². The van der Waals surface area contributed by atoms with Crippen LogP contribution < -0.4 is 4.90 Å². The second-order valence-corrected chi connectivity index (χ2v) is 10.0. The molecule has 1 saturated heterocycles. The number of anilines is 1. The van der Waals surface area contributed by atoms with Crippen molar-refractivity contribution >= 4 is 59.6 Å². The lowest BCUT2D eigenvalue weighted by atomic mass is 10.2. The number of carbonyl (C=O) groups is 1. The summed E-state index contributed by atoms with van der Waals surface area (Å²) >= 11 is 7.67. The molecule has 1 aromatic rings. The fraction of sp³-hybridized carbons (Fsp3) is 0.188. The van der Waals surface area contributed by atoms with E-state index in [0.29, 0.717) is 17.0 Å². The SMILES string of the molecule is CCN1/C(=C/C=C2/SC(=S)N(C[P+](O)(O)O)C2=O)Sc2ccc(C#N)cc21. The molecule has 0 bridgehead atoms. The number of rotatable bonds is 4. The van der Waals surface area contributed by atoms with E-state index in [1.807, 2.05) is 24.0 Å². The summed E-state index contributed by atoms with van der Waals surface area (Å²) in [5.41, 5.74) is 1.53. The van der Waals surface area contributed by atoms with Gasteiger partial charge < -0.3 is 4.90 Å². The van der Waals surface area contributed by atoms with Crippen molar-refractivity contribution < 1.29 is 19.5 Å². The molecular weight excluding hydrogens is 425 g/mol. The van der Waals surface area contributed by atoms with Crippen LogP contribution in [-0.4, -0.2) is 42.6 Å². The number of allylic oxidation sites excluding steroid dienone is 2. The van der Waals surface area contributed by atoms with E-state index < -0.39 is 20.1 Å². The van der Waals surface area contributed by atoms with E-state index in [1.54, 1.807) is 18.2 Å². The van der Waals surface area contributed by atoms with E-state index in [0.717, 1.165) is 32.3 Å². The average Bonchev–Trinajstić information content (AvgIpc) is 3.09. The van der Waals surface area contributed by atoms with Crippen LogP contribution in [0.4, 0.5) is 5.69 Å². The number of nitrogens with zero attached hydrogens (tertiary/aromatic N) is 3. The van der Waals surface area contributed by atoms with Crippen LogP contribution in [0.25, 0.3) is 0 Å². The minimum absolute atomic E-state index is 0.166. The van der Waals surface area contributed by atoms with Crippen LogP contribution in [0.2, 0.25) is 0 Å². The lowest BCUT2D eigenvalue weighted by Crippen LogP contribution is -2.30. The van der Waals surface area contributed by atoms with E-state index in [-0.39, 0.29) is 4.32 Å². The van der Waals surface area contributed by atoms with Crippen LogP contribution in [0.1, 0.15) is 12.5 Å². The Labute approximate surface area is 170 Å². The monoisotopic (exact) mass is 440 g/mol. The quantitative estimate of drug-likeness (QED) is 0.370. The maximum absolute atomic E-state index is 12.4. The molecule has 2 heterocycles. The maximum Gasteiger partial charge on any atom is 0.425 e. The highest BCUT2D eigenvalue weighted by Crippen LogP contribution is 2.48. The first-order chi connectivity index (χ1) is 12.7. The van der Waals surface area contributed by atoms with E-state index in [4.69, 9.17) is 17.5 Å². The highest BCUT2D eigenvalue weighted by molar-refractivity contribution is 8.26. The number of hydrogen-bond donors (Lipinski definition) is 3. The Morgan fingerprint density at radius 1 is 1.26 bits per heavy atom. The number of carbonyl (C=O) groups excluding carboxylic acids is 1. The Kier molecular flexibility index (Phi) is 5.93. The number of hydrogen-bond acceptors (Lipinski definition) is 9. The fourth-order valence-corrected chi connectivity index (χ4v) is 5.74. The lowest BCUT2D eigenvalue weighted by Gasteiger charge is -2.17. The molecular formula is C16H15N3O4PS3+. The topological polar surface area (TPSA) is 108 Å². The number of thiocarbonyl (C=S) groups is 1. The normalized spacial score (nSPS) is 20.0. The standard InChI is InChI=1S/C16H15N3O4PS3/c1-2-18-11-7-10(8-17)3-4-12(11)26-14(18)6-5-13-15(20)19(16(25)27-13)9-24(21,22)23/h3-7,21-23H,2,9H2,1H3/q+1/b13-5+,14-6-. The van der Waals surface area contributed by atoms with Crippen LogP contribution >= 0.6 is 43.7 Å². The molecule has 140 valence electrons. The molecule has 0 aliphatic carbocycles. The summed E-state index contributed by atoms with van der Waals surface area (Å²) < 4.78 is 0.166. The number of nitriles is 1. The summed E-state index contributed by atoms with van der Waals surface area (Å²) in [4.78, 5) is 44.4. The molecule has 11 heteroatoms. The lowest BCUT2D eigenvalue weighted by molar-refractivity contribution is -0.121. The Hall–Kier alpha value is -1.44. The number of thioether (sulfide) groups is 2. The van der Waals surface area contributed by atoms with Gasteiger partial charge >= 0.3 is 7.94 Å². The molecule has 0 aromatic heterocycles. The van der Waals surface area contributed by atoms with Gasteiger partial charge in [0, 0.05) is 11.4 Å². The molecule has 27 heavy (non-hydrogen) atoms. The zero-order chi connectivity index (χ0) is 19.8. The highest BCUT2D eigenvalue weighted by atomic mass is 32.2. The molecule has 2 aliphatic heterocycles. The fourth-order valence-electron chi connectivity index (χ4n) is 2.59. The third kappa shape index (κ3) is 4.36. The van der Waals surface area contributed by atoms with Crippen LogP contribution in [0, 0.1) is 11.3 Å². The predicted molar refractivity (Wildman–Crippen MR) is 112 cm³/mol. The second-order valence-electron chi connectivity index (χ2n) is 5.61. The van der Waals surface area contributed by atoms with Gasteiger partial charge in [-0.2, -0.15) is 19.9 Å². The first-order valence-corrected chi connectivity index (χ1v) is 11.6. The van der Waals surface area contributed by atoms with Crippen molar-refractivity contribution in [2.45, 2.75) is 11.8 Å². The minimum atomic E-state index is -4.15. The molecule has 3 rings (SSSR count). The van der Waals surface area contributed by atoms with Crippen molar-refractivity contribution in [2.24, 2.45) is 0 Å². The van der Waals surface area contributed by atoms with Crippen LogP contribution in [0.3, 0.4) is 0 Å². The Bertz CT molecular complexity index is 920. The summed E-state index contributed by atoms with van der Waals surface area (Å²) in [7, 11) is -4.15. The van der Waals surface area contributed by atoms with Gasteiger partial charge in [-0.1, -0.05) is 35.7 Å². The molecule has 1 amide bonds. The van der Waals surface area contributed by atoms with Gasteiger partial charge in [0.15, 0.2) is 4.32 Å². The second kappa shape index (κ2) is 7.89. The summed E-state index contributed by atoms with van der Waals surface area (Å²) in [5, 5.41) is 10.00. The third-order valence-electron chi connectivity index (χ3n) is 3.76. The minimum Gasteiger partial charge on any atom is -0.335 e. The summed E-state index contributed by atoms with van der Waals surface area (Å²) in [6.45, 7) is 2.69. The molecule has 1 fully saturated rings. The summed E-state index contributed by atoms with van der Waals surface area (Å²) in [6, 6.07) is 7.63. The van der Waals surface area contributed by atoms with Crippen molar-refractivity contribution in [3.05, 3.63) is 45.8 Å². The van der Waals surface area contributed by atoms with E-state index >= 15 is 0 Å². The van der Waals surface area contributed by atoms with Crippen LogP contribution in [0.15, 0.2) is 45.2 Å². The van der Waals surface area contributed by atoms with Gasteiger partial charge in [0.1, 0.15) is 0 Å². The third-order valence-corrected chi connectivity index (χ3v) is 6.95. The molecule has 0 unspecified atom stereocenters. The van der Waals surface area contributed by atoms with Gasteiger partial charge in [0.25, 0.3) is 5.91 Å². The molecule has 0 radical (unpaired) electrons. The van der Waals surface area contributed by atoms with E-state index in [1.165, 1.54) is 11.8 Å². The van der Waals surface area contributed by atoms with Gasteiger partial charge in [-0.05, 0) is 37.3 Å². The highest BCUT2D eigenvalue weighted by Gasteiger charge is 2.42. The van der Waals surface area contributed by atoms with Gasteiger partial charge in [-0.3, -0.25) is 9.69 Å². The zero-order valence-corrected chi connectivity index (χ0v) is 17.4. The number of benzene rings is 1. The molecule has 0 spiro atoms. The maximum atomic E-state index is 12.4. The van der Waals surface area contributed by atoms with E-state index in [9.17, 15) is 19.5 Å². The first kappa shape index (κ1) is 20.3. The van der Waals surface area contributed by atoms with Crippen molar-refractivity contribution in [2.75, 3.05) is 17.7 Å². The predicted octanol–water partition coefficient (Wildman–Crippen LogP) is 2.77. The molecule has 2 aliphatic rings. The van der Waals surface area contributed by atoms with Crippen molar-refractivity contribution in [3.63, 3.8) is 0 Å². The van der Waals surface area contributed by atoms with Gasteiger partial charge in [0.2, 0.25) is 6.29 Å². The van der Waals surface area contributed by atoms with Crippen LogP contribution in [0.5, 0.6) is 0 Å². The number of fused-ring (bicyclic) bond motifs is 1. The molecule has 0 atom stereocenters. The number of amides is 1. The van der Waals surface area contributed by atoms with Gasteiger partial charge in [0.05, 0.1) is 27.3 Å². The Morgan fingerprint density at radius 3 is 2.63 bits per heavy atom. The largest absolute Gasteiger partial charge is 0.425 e. The zero-order valence-electron chi connectivity index (χ0n) is 14.1. The van der Waals surface area contributed by atoms with Crippen molar-refractivity contribution in [1.82, 2.24) is 4.90 Å². The smallest absolute Gasteiger partial charge is 0.335 e. The summed E-state index contributed by atoms with van der Waals surface area (Å²) in [6.07, 6.45) is 2.82. The van der Waals surface area contributed by atoms with E-state index in [2.05, 4.69) is 6.07 Å². The van der Waals surface area contributed by atoms with Crippen molar-refractivity contribution in [1.29, 1.82) is 5.26 Å². The van der Waals surface area contributed by atoms with Crippen molar-refractivity contribution in [3.8, 4) is 6.07 Å². The van der Waals surface area contributed by atoms with Gasteiger partial charge in [-0.15, -0.1) is 0 Å². The Morgan fingerprint density at radius 2 is 2.00 bits per heavy atom. The Balaban J connectivity index is 1.84. The molecule has 3 N–H and O–H groups in total. The molecule has 1 aromatic carbocycles. The first-order valence-electron chi connectivity index (χ1n) is 7.75. The summed E-state index contributed by atoms with van der Waals surface area (Å²) in [5.74, 6) is -0.473. The average molecular weight is 440 g/mol.